The van der Waals surface area contributed by atoms with Crippen LogP contribution in [0.3, 0.4) is 0 Å². The van der Waals surface area contributed by atoms with Gasteiger partial charge in [-0.25, -0.2) is 0 Å². The molecule has 0 atom stereocenters. The number of fused-ring (bicyclic) bond motifs is 1. The highest BCUT2D eigenvalue weighted by Crippen LogP contribution is 2.36. The highest BCUT2D eigenvalue weighted by Gasteiger charge is 2.26. The Morgan fingerprint density at radius 3 is 2.56 bits per heavy atom. The summed E-state index contributed by atoms with van der Waals surface area (Å²) in [6.07, 6.45) is 7.15. The number of halogens is 1. The van der Waals surface area contributed by atoms with Gasteiger partial charge in [-0.05, 0) is 41.8 Å². The van der Waals surface area contributed by atoms with Gasteiger partial charge in [0.1, 0.15) is 11.1 Å². The molecule has 1 aromatic carbocycles. The molecule has 8 heteroatoms. The lowest BCUT2D eigenvalue weighted by atomic mass is 10.0. The predicted octanol–water partition coefficient (Wildman–Crippen LogP) is 4.91. The van der Waals surface area contributed by atoms with Crippen molar-refractivity contribution in [1.82, 2.24) is 9.88 Å². The summed E-state index contributed by atoms with van der Waals surface area (Å²) in [7, 11) is 0. The molecular formula is C24H21ClN4O2S. The van der Waals surface area contributed by atoms with Crippen molar-refractivity contribution in [3.05, 3.63) is 87.5 Å². The lowest BCUT2D eigenvalue weighted by molar-refractivity contribution is -0.129. The van der Waals surface area contributed by atoms with Gasteiger partial charge in [-0.3, -0.25) is 14.6 Å². The van der Waals surface area contributed by atoms with Crippen LogP contribution in [0.4, 0.5) is 5.00 Å². The monoisotopic (exact) mass is 464 g/mol. The minimum atomic E-state index is -0.330. The second kappa shape index (κ2) is 11.2. The van der Waals surface area contributed by atoms with Crippen LogP contribution in [-0.2, 0) is 22.6 Å². The third-order valence-corrected chi connectivity index (χ3v) is 6.21. The number of rotatable bonds is 3. The van der Waals surface area contributed by atoms with Crippen molar-refractivity contribution in [1.29, 1.82) is 5.26 Å². The number of nitrogens with one attached hydrogen (secondary N) is 1. The molecule has 3 aromatic rings. The molecule has 6 nitrogen and oxygen atoms in total. The van der Waals surface area contributed by atoms with E-state index in [1.54, 1.807) is 29.4 Å². The lowest BCUT2D eigenvalue weighted by Crippen LogP contribution is -2.33. The van der Waals surface area contributed by atoms with Crippen LogP contribution in [0.25, 0.3) is 6.08 Å². The molecule has 3 heterocycles. The second-order valence-electron chi connectivity index (χ2n) is 6.88. The number of amides is 2. The smallest absolute Gasteiger partial charge is 0.249 e. The van der Waals surface area contributed by atoms with Crippen LogP contribution in [-0.4, -0.2) is 28.2 Å². The summed E-state index contributed by atoms with van der Waals surface area (Å²) in [5.41, 5.74) is 2.17. The molecule has 0 unspecified atom stereocenters. The number of anilines is 1. The maximum atomic E-state index is 12.2. The summed E-state index contributed by atoms with van der Waals surface area (Å²) in [4.78, 5) is 30.3. The van der Waals surface area contributed by atoms with Crippen molar-refractivity contribution in [2.75, 3.05) is 11.9 Å². The minimum absolute atomic E-state index is 0.0100. The first-order valence-corrected chi connectivity index (χ1v) is 11.1. The summed E-state index contributed by atoms with van der Waals surface area (Å²) >= 11 is 7.42. The number of nitriles is 1. The topological polar surface area (TPSA) is 86.1 Å². The molecule has 4 rings (SSSR count). The molecule has 0 saturated carbocycles. The molecule has 0 saturated heterocycles. The third-order valence-electron chi connectivity index (χ3n) is 4.74. The van der Waals surface area contributed by atoms with Gasteiger partial charge < -0.3 is 10.2 Å². The van der Waals surface area contributed by atoms with Crippen LogP contribution in [0.5, 0.6) is 0 Å². The summed E-state index contributed by atoms with van der Waals surface area (Å²) in [5.74, 6) is -0.320. The molecule has 2 aromatic heterocycles. The van der Waals surface area contributed by atoms with Crippen LogP contribution in [0, 0.1) is 11.3 Å². The zero-order valence-electron chi connectivity index (χ0n) is 17.4. The fourth-order valence-corrected chi connectivity index (χ4v) is 4.54. The van der Waals surface area contributed by atoms with Gasteiger partial charge in [0.25, 0.3) is 0 Å². The van der Waals surface area contributed by atoms with Crippen molar-refractivity contribution in [3.63, 3.8) is 0 Å². The first-order chi connectivity index (χ1) is 15.5. The fourth-order valence-electron chi connectivity index (χ4n) is 3.12. The van der Waals surface area contributed by atoms with Crippen LogP contribution in [0.2, 0.25) is 5.02 Å². The molecule has 0 spiro atoms. The number of pyridine rings is 1. The van der Waals surface area contributed by atoms with E-state index in [1.165, 1.54) is 24.3 Å². The first-order valence-electron chi connectivity index (χ1n) is 9.88. The Labute approximate surface area is 195 Å². The maximum Gasteiger partial charge on any atom is 0.249 e. The van der Waals surface area contributed by atoms with E-state index in [2.05, 4.69) is 16.4 Å². The number of hydrogen-bond donors (Lipinski definition) is 1. The van der Waals surface area contributed by atoms with Gasteiger partial charge in [-0.15, -0.1) is 11.3 Å². The van der Waals surface area contributed by atoms with Crippen LogP contribution >= 0.6 is 22.9 Å². The average Bonchev–Trinajstić information content (AvgIpc) is 3.16. The summed E-state index contributed by atoms with van der Waals surface area (Å²) in [5, 5.41) is 13.3. The van der Waals surface area contributed by atoms with E-state index in [1.807, 2.05) is 36.4 Å². The van der Waals surface area contributed by atoms with Gasteiger partial charge in [-0.1, -0.05) is 35.9 Å². The zero-order chi connectivity index (χ0) is 22.9. The van der Waals surface area contributed by atoms with E-state index >= 15 is 0 Å². The standard InChI is InChI=1S/C19H16ClN3O2S.C5H5N/c1-12(24)23-9-8-14-15(10-21)19(26-17(14)11-23)22-18(25)7-6-13-4-2-3-5-16(13)20;1-2-4-6-5-3-1/h2-7H,8-9,11H2,1H3,(H,22,25);1-5H. The number of benzene rings is 1. The molecule has 1 N–H and O–H groups in total. The number of hydrogen-bond acceptors (Lipinski definition) is 5. The van der Waals surface area contributed by atoms with Gasteiger partial charge in [-0.2, -0.15) is 5.26 Å². The van der Waals surface area contributed by atoms with Crippen molar-refractivity contribution in [2.24, 2.45) is 0 Å². The van der Waals surface area contributed by atoms with Crippen LogP contribution < -0.4 is 5.32 Å². The maximum absolute atomic E-state index is 12.2. The molecule has 0 fully saturated rings. The van der Waals surface area contributed by atoms with Gasteiger partial charge >= 0.3 is 0 Å². The van der Waals surface area contributed by atoms with Crippen molar-refractivity contribution in [3.8, 4) is 6.07 Å². The van der Waals surface area contributed by atoms with E-state index in [0.717, 1.165) is 16.0 Å². The van der Waals surface area contributed by atoms with Crippen molar-refractivity contribution >= 4 is 45.8 Å². The SMILES string of the molecule is CC(=O)N1CCc2c(sc(NC(=O)C=Cc3ccccc3Cl)c2C#N)C1.c1ccncc1. The van der Waals surface area contributed by atoms with Crippen molar-refractivity contribution in [2.45, 2.75) is 19.9 Å². The molecule has 32 heavy (non-hydrogen) atoms. The van der Waals surface area contributed by atoms with Crippen LogP contribution in [0.15, 0.2) is 60.9 Å². The van der Waals surface area contributed by atoms with Crippen LogP contribution in [0.1, 0.15) is 28.5 Å². The van der Waals surface area contributed by atoms with E-state index in [9.17, 15) is 14.9 Å². The largest absolute Gasteiger partial charge is 0.337 e. The Hall–Kier alpha value is -3.47. The first kappa shape index (κ1) is 23.2. The van der Waals surface area contributed by atoms with Gasteiger partial charge in [0, 0.05) is 41.8 Å². The zero-order valence-corrected chi connectivity index (χ0v) is 19.0. The second-order valence-corrected chi connectivity index (χ2v) is 8.39. The van der Waals surface area contributed by atoms with E-state index in [0.29, 0.717) is 35.1 Å². The Kier molecular flexibility index (Phi) is 8.14. The van der Waals surface area contributed by atoms with E-state index in [-0.39, 0.29) is 11.8 Å². The predicted molar refractivity (Wildman–Crippen MR) is 127 cm³/mol. The summed E-state index contributed by atoms with van der Waals surface area (Å²) in [6, 6.07) is 15.1. The molecule has 0 aliphatic carbocycles. The quantitative estimate of drug-likeness (QED) is 0.558. The number of carbonyl (C=O) groups excluding carboxylic acids is 2. The average molecular weight is 465 g/mol. The number of carbonyl (C=O) groups is 2. The summed E-state index contributed by atoms with van der Waals surface area (Å²) < 4.78 is 0. The number of thiophene rings is 1. The molecule has 1 aliphatic heterocycles. The Morgan fingerprint density at radius 1 is 1.22 bits per heavy atom. The van der Waals surface area contributed by atoms with E-state index in [4.69, 9.17) is 11.6 Å². The number of nitrogens with zero attached hydrogens (tertiary/aromatic N) is 3. The van der Waals surface area contributed by atoms with Gasteiger partial charge in [0.05, 0.1) is 12.1 Å². The highest BCUT2D eigenvalue weighted by molar-refractivity contribution is 7.16. The Morgan fingerprint density at radius 2 is 1.97 bits per heavy atom. The molecule has 0 radical (unpaired) electrons. The number of aromatic nitrogens is 1. The molecule has 0 bridgehead atoms. The lowest BCUT2D eigenvalue weighted by Gasteiger charge is -2.25. The van der Waals surface area contributed by atoms with Gasteiger partial charge in [0.15, 0.2) is 0 Å². The fraction of sp³-hybridized carbons (Fsp3) is 0.167. The minimum Gasteiger partial charge on any atom is -0.337 e. The Bertz CT molecular complexity index is 1140. The van der Waals surface area contributed by atoms with Crippen molar-refractivity contribution < 1.29 is 9.59 Å². The van der Waals surface area contributed by atoms with E-state index < -0.39 is 0 Å². The molecule has 1 aliphatic rings. The molecule has 162 valence electrons. The normalized spacial score (nSPS) is 12.3. The Balaban J connectivity index is 0.000000416. The molecular weight excluding hydrogens is 444 g/mol. The third kappa shape index (κ3) is 6.03. The van der Waals surface area contributed by atoms with Gasteiger partial charge in [0.2, 0.25) is 11.8 Å². The summed E-state index contributed by atoms with van der Waals surface area (Å²) in [6.45, 7) is 2.61. The molecule has 2 amide bonds. The highest BCUT2D eigenvalue weighted by atomic mass is 35.5.